The van der Waals surface area contributed by atoms with Crippen LogP contribution in [0.4, 0.5) is 0 Å². The zero-order chi connectivity index (χ0) is 17.4. The Morgan fingerprint density at radius 1 is 1.24 bits per heavy atom. The lowest BCUT2D eigenvalue weighted by molar-refractivity contribution is 0.0566. The van der Waals surface area contributed by atoms with Gasteiger partial charge in [0.2, 0.25) is 0 Å². The molecular formula is C20H21ClN2O2. The molecule has 2 fully saturated rings. The maximum Gasteiger partial charge on any atom is 0.272 e. The van der Waals surface area contributed by atoms with E-state index in [1.54, 1.807) is 12.1 Å². The number of fused-ring (bicyclic) bond motifs is 2. The van der Waals surface area contributed by atoms with Crippen molar-refractivity contribution in [3.63, 3.8) is 0 Å². The normalized spacial score (nSPS) is 27.7. The van der Waals surface area contributed by atoms with Crippen molar-refractivity contribution in [1.82, 2.24) is 9.88 Å². The number of aromatic nitrogens is 1. The lowest BCUT2D eigenvalue weighted by Crippen LogP contribution is -2.44. The zero-order valence-corrected chi connectivity index (χ0v) is 14.7. The van der Waals surface area contributed by atoms with Crippen molar-refractivity contribution >= 4 is 17.5 Å². The van der Waals surface area contributed by atoms with E-state index in [-0.39, 0.29) is 30.0 Å². The van der Waals surface area contributed by atoms with Crippen molar-refractivity contribution < 1.29 is 9.90 Å². The van der Waals surface area contributed by atoms with E-state index in [4.69, 9.17) is 11.6 Å². The van der Waals surface area contributed by atoms with Gasteiger partial charge in [-0.1, -0.05) is 41.9 Å². The SMILES string of the molecule is O=C(c1ccc(Cl)cn1)N1[C@H]2CC[C@@H]1[C@@](CO)(Cc1ccccc1)C2. The molecule has 1 N–H and O–H groups in total. The van der Waals surface area contributed by atoms with Crippen molar-refractivity contribution in [3.05, 3.63) is 64.9 Å². The smallest absolute Gasteiger partial charge is 0.272 e. The minimum Gasteiger partial charge on any atom is -0.396 e. The van der Waals surface area contributed by atoms with E-state index >= 15 is 0 Å². The third kappa shape index (κ3) is 2.83. The molecule has 1 aromatic carbocycles. The summed E-state index contributed by atoms with van der Waals surface area (Å²) in [5.41, 5.74) is 1.38. The Morgan fingerprint density at radius 3 is 2.72 bits per heavy atom. The minimum atomic E-state index is -0.258. The Morgan fingerprint density at radius 2 is 2.04 bits per heavy atom. The Bertz CT molecular complexity index is 765. The summed E-state index contributed by atoms with van der Waals surface area (Å²) in [6.07, 6.45) is 5.10. The van der Waals surface area contributed by atoms with E-state index in [0.29, 0.717) is 10.7 Å². The molecular weight excluding hydrogens is 336 g/mol. The first-order chi connectivity index (χ1) is 12.1. The summed E-state index contributed by atoms with van der Waals surface area (Å²) in [6, 6.07) is 13.9. The van der Waals surface area contributed by atoms with Crippen LogP contribution < -0.4 is 0 Å². The van der Waals surface area contributed by atoms with Crippen LogP contribution in [0.25, 0.3) is 0 Å². The van der Waals surface area contributed by atoms with Crippen molar-refractivity contribution in [1.29, 1.82) is 0 Å². The molecule has 2 aromatic rings. The Kier molecular flexibility index (Phi) is 4.26. The minimum absolute atomic E-state index is 0.0486. The Labute approximate surface area is 152 Å². The van der Waals surface area contributed by atoms with Crippen molar-refractivity contribution in [3.8, 4) is 0 Å². The van der Waals surface area contributed by atoms with Crippen LogP contribution in [-0.4, -0.2) is 39.6 Å². The van der Waals surface area contributed by atoms with Gasteiger partial charge in [-0.25, -0.2) is 4.98 Å². The van der Waals surface area contributed by atoms with Crippen LogP contribution >= 0.6 is 11.6 Å². The molecule has 2 aliphatic heterocycles. The number of amides is 1. The highest BCUT2D eigenvalue weighted by molar-refractivity contribution is 6.30. The van der Waals surface area contributed by atoms with E-state index in [2.05, 4.69) is 17.1 Å². The fourth-order valence-corrected chi connectivity index (χ4v) is 4.76. The molecule has 25 heavy (non-hydrogen) atoms. The van der Waals surface area contributed by atoms with E-state index in [1.165, 1.54) is 11.8 Å². The number of hydrogen-bond donors (Lipinski definition) is 1. The van der Waals surface area contributed by atoms with Gasteiger partial charge in [-0.3, -0.25) is 4.79 Å². The molecule has 0 radical (unpaired) electrons. The van der Waals surface area contributed by atoms with Gasteiger partial charge in [0.15, 0.2) is 0 Å². The molecule has 0 saturated carbocycles. The first kappa shape index (κ1) is 16.6. The summed E-state index contributed by atoms with van der Waals surface area (Å²) in [7, 11) is 0. The second kappa shape index (κ2) is 6.43. The van der Waals surface area contributed by atoms with Crippen LogP contribution in [0.2, 0.25) is 5.02 Å². The summed E-state index contributed by atoms with van der Waals surface area (Å²) >= 11 is 5.88. The molecule has 0 unspecified atom stereocenters. The van der Waals surface area contributed by atoms with Crippen LogP contribution in [0.1, 0.15) is 35.3 Å². The van der Waals surface area contributed by atoms with Crippen molar-refractivity contribution in [2.24, 2.45) is 5.41 Å². The van der Waals surface area contributed by atoms with Gasteiger partial charge in [-0.15, -0.1) is 0 Å². The number of rotatable bonds is 4. The summed E-state index contributed by atoms with van der Waals surface area (Å²) in [5, 5.41) is 10.8. The molecule has 3 atom stereocenters. The highest BCUT2D eigenvalue weighted by atomic mass is 35.5. The summed E-state index contributed by atoms with van der Waals surface area (Å²) in [5.74, 6) is -0.0486. The van der Waals surface area contributed by atoms with Gasteiger partial charge in [0.05, 0.1) is 11.6 Å². The number of carbonyl (C=O) groups is 1. The quantitative estimate of drug-likeness (QED) is 0.914. The van der Waals surface area contributed by atoms with Crippen molar-refractivity contribution in [2.75, 3.05) is 6.61 Å². The predicted octanol–water partition coefficient (Wildman–Crippen LogP) is 3.33. The first-order valence-electron chi connectivity index (χ1n) is 8.72. The number of carbonyl (C=O) groups excluding carboxylic acids is 1. The average Bonchev–Trinajstić information content (AvgIpc) is 3.18. The van der Waals surface area contributed by atoms with Gasteiger partial charge in [-0.05, 0) is 43.4 Å². The third-order valence-electron chi connectivity index (χ3n) is 5.75. The summed E-state index contributed by atoms with van der Waals surface area (Å²) in [4.78, 5) is 19.2. The molecule has 0 aliphatic carbocycles. The van der Waals surface area contributed by atoms with Gasteiger partial charge in [0.25, 0.3) is 5.91 Å². The topological polar surface area (TPSA) is 53.4 Å². The fourth-order valence-electron chi connectivity index (χ4n) is 4.65. The molecule has 2 aliphatic rings. The van der Waals surface area contributed by atoms with Gasteiger partial charge in [-0.2, -0.15) is 0 Å². The maximum atomic E-state index is 13.0. The lowest BCUT2D eigenvalue weighted by atomic mass is 9.70. The second-order valence-electron chi connectivity index (χ2n) is 7.21. The molecule has 5 heteroatoms. The summed E-state index contributed by atoms with van der Waals surface area (Å²) < 4.78 is 0. The van der Waals surface area contributed by atoms with Gasteiger partial charge in [0, 0.05) is 23.7 Å². The predicted molar refractivity (Wildman–Crippen MR) is 96.5 cm³/mol. The standard InChI is InChI=1S/C20H21ClN2O2/c21-15-6-8-17(22-12-15)19(25)23-16-7-9-18(23)20(11-16,13-24)10-14-4-2-1-3-5-14/h1-6,8,12,16,18,24H,7,9-11,13H2/t16-,18+,20-/m0/s1. The van der Waals surface area contributed by atoms with Gasteiger partial charge >= 0.3 is 0 Å². The number of aliphatic hydroxyl groups is 1. The highest BCUT2D eigenvalue weighted by Crippen LogP contribution is 2.51. The fraction of sp³-hybridized carbons (Fsp3) is 0.400. The van der Waals surface area contributed by atoms with E-state index < -0.39 is 0 Å². The third-order valence-corrected chi connectivity index (χ3v) is 5.97. The molecule has 0 spiro atoms. The van der Waals surface area contributed by atoms with Crippen molar-refractivity contribution in [2.45, 2.75) is 37.8 Å². The zero-order valence-electron chi connectivity index (χ0n) is 13.9. The monoisotopic (exact) mass is 356 g/mol. The maximum absolute atomic E-state index is 13.0. The lowest BCUT2D eigenvalue weighted by Gasteiger charge is -2.36. The van der Waals surface area contributed by atoms with Crippen LogP contribution in [0.15, 0.2) is 48.7 Å². The van der Waals surface area contributed by atoms with E-state index in [0.717, 1.165) is 25.7 Å². The number of aliphatic hydroxyl groups excluding tert-OH is 1. The first-order valence-corrected chi connectivity index (χ1v) is 9.10. The van der Waals surface area contributed by atoms with Gasteiger partial charge in [0.1, 0.15) is 5.69 Å². The number of nitrogens with zero attached hydrogens (tertiary/aromatic N) is 2. The Hall–Kier alpha value is -1.91. The number of hydrogen-bond acceptors (Lipinski definition) is 3. The second-order valence-corrected chi connectivity index (χ2v) is 7.64. The average molecular weight is 357 g/mol. The molecule has 1 amide bonds. The molecule has 2 saturated heterocycles. The number of benzene rings is 1. The van der Waals surface area contributed by atoms with E-state index in [1.807, 2.05) is 23.1 Å². The molecule has 4 rings (SSSR count). The summed E-state index contributed by atoms with van der Waals surface area (Å²) in [6.45, 7) is 0.0981. The Balaban J connectivity index is 1.61. The molecule has 3 heterocycles. The number of pyridine rings is 1. The highest BCUT2D eigenvalue weighted by Gasteiger charge is 2.57. The molecule has 2 bridgehead atoms. The van der Waals surface area contributed by atoms with Crippen LogP contribution in [0.5, 0.6) is 0 Å². The van der Waals surface area contributed by atoms with E-state index in [9.17, 15) is 9.90 Å². The van der Waals surface area contributed by atoms with Crippen LogP contribution in [0, 0.1) is 5.41 Å². The van der Waals surface area contributed by atoms with Crippen LogP contribution in [-0.2, 0) is 6.42 Å². The molecule has 1 aromatic heterocycles. The van der Waals surface area contributed by atoms with Gasteiger partial charge < -0.3 is 10.0 Å². The largest absolute Gasteiger partial charge is 0.396 e. The van der Waals surface area contributed by atoms with Crippen LogP contribution in [0.3, 0.4) is 0 Å². The molecule has 130 valence electrons. The number of halogens is 1. The molecule has 4 nitrogen and oxygen atoms in total.